The summed E-state index contributed by atoms with van der Waals surface area (Å²) in [5.74, 6) is -0.319. The average molecular weight is 276 g/mol. The van der Waals surface area contributed by atoms with Gasteiger partial charge in [0.2, 0.25) is 0 Å². The van der Waals surface area contributed by atoms with Crippen LogP contribution in [0.4, 0.5) is 10.1 Å². The SMILES string of the molecule is Cc1cc(Br)c(F)cc1NC/C(N)=N/O. The standard InChI is InChI=1S/C9H11BrFN3O/c1-5-2-6(10)7(11)3-8(5)13-4-9(12)14-15/h2-3,13,15H,4H2,1H3,(H2,12,14). The van der Waals surface area contributed by atoms with Crippen molar-refractivity contribution in [3.05, 3.63) is 28.0 Å². The van der Waals surface area contributed by atoms with Gasteiger partial charge in [-0.15, -0.1) is 0 Å². The summed E-state index contributed by atoms with van der Waals surface area (Å²) in [6.45, 7) is 2.00. The minimum atomic E-state index is -0.359. The molecule has 0 unspecified atom stereocenters. The molecular formula is C9H11BrFN3O. The van der Waals surface area contributed by atoms with Gasteiger partial charge in [-0.25, -0.2) is 4.39 Å². The Morgan fingerprint density at radius 1 is 1.67 bits per heavy atom. The zero-order chi connectivity index (χ0) is 11.4. The molecule has 0 bridgehead atoms. The van der Waals surface area contributed by atoms with Crippen molar-refractivity contribution in [1.29, 1.82) is 0 Å². The molecule has 0 saturated heterocycles. The van der Waals surface area contributed by atoms with Crippen molar-refractivity contribution in [2.75, 3.05) is 11.9 Å². The van der Waals surface area contributed by atoms with E-state index >= 15 is 0 Å². The van der Waals surface area contributed by atoms with E-state index in [-0.39, 0.29) is 18.2 Å². The number of hydrogen-bond acceptors (Lipinski definition) is 3. The fourth-order valence-corrected chi connectivity index (χ4v) is 1.52. The second-order valence-electron chi connectivity index (χ2n) is 3.03. The van der Waals surface area contributed by atoms with E-state index in [0.29, 0.717) is 10.2 Å². The van der Waals surface area contributed by atoms with Gasteiger partial charge < -0.3 is 16.3 Å². The Balaban J connectivity index is 2.82. The number of amidine groups is 1. The van der Waals surface area contributed by atoms with Crippen LogP contribution in [0.2, 0.25) is 0 Å². The molecule has 4 N–H and O–H groups in total. The van der Waals surface area contributed by atoms with Crippen LogP contribution in [0.5, 0.6) is 0 Å². The Hall–Kier alpha value is -1.30. The summed E-state index contributed by atoms with van der Waals surface area (Å²) in [5, 5.41) is 14.0. The number of nitrogens with two attached hydrogens (primary N) is 1. The van der Waals surface area contributed by atoms with Crippen LogP contribution in [0.3, 0.4) is 0 Å². The number of oxime groups is 1. The third-order valence-electron chi connectivity index (χ3n) is 1.86. The highest BCUT2D eigenvalue weighted by Crippen LogP contribution is 2.23. The largest absolute Gasteiger partial charge is 0.409 e. The first-order valence-corrected chi connectivity index (χ1v) is 5.00. The Kier molecular flexibility index (Phi) is 3.90. The molecule has 0 amide bonds. The highest BCUT2D eigenvalue weighted by molar-refractivity contribution is 9.10. The van der Waals surface area contributed by atoms with Crippen LogP contribution >= 0.6 is 15.9 Å². The molecule has 0 radical (unpaired) electrons. The fraction of sp³-hybridized carbons (Fsp3) is 0.222. The normalized spacial score (nSPS) is 11.5. The highest BCUT2D eigenvalue weighted by Gasteiger charge is 2.05. The van der Waals surface area contributed by atoms with E-state index in [2.05, 4.69) is 26.4 Å². The monoisotopic (exact) mass is 275 g/mol. The van der Waals surface area contributed by atoms with E-state index in [4.69, 9.17) is 10.9 Å². The Morgan fingerprint density at radius 2 is 2.33 bits per heavy atom. The minimum Gasteiger partial charge on any atom is -0.409 e. The lowest BCUT2D eigenvalue weighted by molar-refractivity contribution is 0.317. The summed E-state index contributed by atoms with van der Waals surface area (Å²) in [5.41, 5.74) is 6.76. The number of hydrogen-bond donors (Lipinski definition) is 3. The fourth-order valence-electron chi connectivity index (χ4n) is 1.06. The Bertz CT molecular complexity index is 395. The van der Waals surface area contributed by atoms with Crippen LogP contribution in [0, 0.1) is 12.7 Å². The molecule has 0 saturated carbocycles. The minimum absolute atomic E-state index is 0.0396. The third-order valence-corrected chi connectivity index (χ3v) is 2.46. The van der Waals surface area contributed by atoms with E-state index in [1.165, 1.54) is 6.07 Å². The lowest BCUT2D eigenvalue weighted by Gasteiger charge is -2.09. The quantitative estimate of drug-likeness (QED) is 0.342. The lowest BCUT2D eigenvalue weighted by atomic mass is 10.2. The molecule has 0 heterocycles. The zero-order valence-corrected chi connectivity index (χ0v) is 9.68. The number of anilines is 1. The maximum atomic E-state index is 13.2. The van der Waals surface area contributed by atoms with Gasteiger partial charge in [-0.05, 0) is 40.5 Å². The van der Waals surface area contributed by atoms with E-state index < -0.39 is 0 Å². The molecule has 15 heavy (non-hydrogen) atoms. The van der Waals surface area contributed by atoms with Crippen LogP contribution in [-0.2, 0) is 0 Å². The van der Waals surface area contributed by atoms with Gasteiger partial charge in [-0.2, -0.15) is 0 Å². The van der Waals surface area contributed by atoms with E-state index in [1.807, 2.05) is 6.92 Å². The van der Waals surface area contributed by atoms with E-state index in [0.717, 1.165) is 5.56 Å². The van der Waals surface area contributed by atoms with Gasteiger partial charge in [0.1, 0.15) is 5.82 Å². The first-order chi connectivity index (χ1) is 7.04. The second-order valence-corrected chi connectivity index (χ2v) is 3.88. The molecule has 82 valence electrons. The first-order valence-electron chi connectivity index (χ1n) is 4.20. The van der Waals surface area contributed by atoms with Crippen molar-refractivity contribution in [3.63, 3.8) is 0 Å². The van der Waals surface area contributed by atoms with Crippen molar-refractivity contribution < 1.29 is 9.60 Å². The predicted octanol–water partition coefficient (Wildman–Crippen LogP) is 2.05. The molecule has 1 aromatic carbocycles. The molecule has 0 atom stereocenters. The number of nitrogens with one attached hydrogen (secondary N) is 1. The van der Waals surface area contributed by atoms with Crippen LogP contribution in [0.1, 0.15) is 5.56 Å². The summed E-state index contributed by atoms with van der Waals surface area (Å²) in [7, 11) is 0. The van der Waals surface area contributed by atoms with Crippen LogP contribution in [0.15, 0.2) is 21.8 Å². The predicted molar refractivity (Wildman–Crippen MR) is 60.7 cm³/mol. The molecular weight excluding hydrogens is 265 g/mol. The maximum absolute atomic E-state index is 13.2. The van der Waals surface area contributed by atoms with Crippen molar-refractivity contribution in [3.8, 4) is 0 Å². The summed E-state index contributed by atoms with van der Waals surface area (Å²) in [6.07, 6.45) is 0. The molecule has 1 rings (SSSR count). The lowest BCUT2D eigenvalue weighted by Crippen LogP contribution is -2.22. The summed E-state index contributed by atoms with van der Waals surface area (Å²) in [4.78, 5) is 0. The van der Waals surface area contributed by atoms with Gasteiger partial charge in [0, 0.05) is 5.69 Å². The molecule has 0 aliphatic rings. The van der Waals surface area contributed by atoms with Crippen molar-refractivity contribution >= 4 is 27.5 Å². The summed E-state index contributed by atoms with van der Waals surface area (Å²) in [6, 6.07) is 3.01. The second kappa shape index (κ2) is 4.97. The van der Waals surface area contributed by atoms with Gasteiger partial charge in [-0.1, -0.05) is 5.16 Å². The van der Waals surface area contributed by atoms with Gasteiger partial charge in [0.15, 0.2) is 5.84 Å². The van der Waals surface area contributed by atoms with Gasteiger partial charge >= 0.3 is 0 Å². The average Bonchev–Trinajstić information content (AvgIpc) is 2.21. The van der Waals surface area contributed by atoms with Crippen LogP contribution in [-0.4, -0.2) is 17.6 Å². The molecule has 6 heteroatoms. The first kappa shape index (κ1) is 11.8. The maximum Gasteiger partial charge on any atom is 0.158 e. The molecule has 0 aliphatic heterocycles. The molecule has 0 aliphatic carbocycles. The van der Waals surface area contributed by atoms with Crippen molar-refractivity contribution in [2.45, 2.75) is 6.92 Å². The Morgan fingerprint density at radius 3 is 2.93 bits per heavy atom. The summed E-state index contributed by atoms with van der Waals surface area (Å²) >= 11 is 3.08. The molecule has 0 fully saturated rings. The molecule has 4 nitrogen and oxygen atoms in total. The number of nitrogens with zero attached hydrogens (tertiary/aromatic N) is 1. The molecule has 1 aromatic rings. The van der Waals surface area contributed by atoms with Gasteiger partial charge in [0.05, 0.1) is 11.0 Å². The summed E-state index contributed by atoms with van der Waals surface area (Å²) < 4.78 is 13.6. The van der Waals surface area contributed by atoms with E-state index in [1.54, 1.807) is 6.07 Å². The highest BCUT2D eigenvalue weighted by atomic mass is 79.9. The molecule has 0 aromatic heterocycles. The van der Waals surface area contributed by atoms with Crippen molar-refractivity contribution in [1.82, 2.24) is 0 Å². The van der Waals surface area contributed by atoms with Crippen molar-refractivity contribution in [2.24, 2.45) is 10.9 Å². The number of aryl methyl sites for hydroxylation is 1. The molecule has 0 spiro atoms. The number of rotatable bonds is 3. The third kappa shape index (κ3) is 3.09. The van der Waals surface area contributed by atoms with Crippen LogP contribution < -0.4 is 11.1 Å². The van der Waals surface area contributed by atoms with Gasteiger partial charge in [0.25, 0.3) is 0 Å². The Labute approximate surface area is 95.1 Å². The van der Waals surface area contributed by atoms with E-state index in [9.17, 15) is 4.39 Å². The topological polar surface area (TPSA) is 70.6 Å². The zero-order valence-electron chi connectivity index (χ0n) is 8.09. The van der Waals surface area contributed by atoms with Crippen LogP contribution in [0.25, 0.3) is 0 Å². The number of halogens is 2. The number of benzene rings is 1. The van der Waals surface area contributed by atoms with Gasteiger partial charge in [-0.3, -0.25) is 0 Å². The smallest absolute Gasteiger partial charge is 0.158 e.